The minimum atomic E-state index is -0.612. The molecule has 0 N–H and O–H groups in total. The van der Waals surface area contributed by atoms with E-state index >= 15 is 0 Å². The minimum absolute atomic E-state index is 0.346. The molecule has 1 rings (SSSR count). The fourth-order valence-electron chi connectivity index (χ4n) is 1.95. The molecular formula is C16H24BrNO4. The monoisotopic (exact) mass is 373 g/mol. The third-order valence-electron chi connectivity index (χ3n) is 2.75. The lowest BCUT2D eigenvalue weighted by Crippen LogP contribution is -2.28. The molecule has 0 aromatic carbocycles. The van der Waals surface area contributed by atoms with E-state index < -0.39 is 23.3 Å². The van der Waals surface area contributed by atoms with Crippen LogP contribution in [0, 0.1) is 13.8 Å². The number of ether oxygens (including phenoxy) is 2. The zero-order chi connectivity index (χ0) is 17.5. The van der Waals surface area contributed by atoms with Gasteiger partial charge in [0.1, 0.15) is 11.2 Å². The molecular weight excluding hydrogens is 350 g/mol. The molecule has 0 spiro atoms. The van der Waals surface area contributed by atoms with Crippen LogP contribution in [0.2, 0.25) is 0 Å². The second kappa shape index (κ2) is 6.07. The maximum absolute atomic E-state index is 12.4. The standard InChI is InChI=1S/C16H24BrNO4/c1-9-11(13(19)21-15(3,4)5)12(17)10(2)18(9)14(20)22-16(6,7)8/h1-8H3. The Hall–Kier alpha value is -1.30. The van der Waals surface area contributed by atoms with E-state index in [9.17, 15) is 9.59 Å². The fraction of sp³-hybridized carbons (Fsp3) is 0.625. The third-order valence-corrected chi connectivity index (χ3v) is 3.72. The lowest BCUT2D eigenvalue weighted by molar-refractivity contribution is 0.00678. The average molecular weight is 374 g/mol. The van der Waals surface area contributed by atoms with Crippen LogP contribution < -0.4 is 0 Å². The van der Waals surface area contributed by atoms with Gasteiger partial charge in [0.15, 0.2) is 0 Å². The lowest BCUT2D eigenvalue weighted by Gasteiger charge is -2.21. The number of carbonyl (C=O) groups is 2. The summed E-state index contributed by atoms with van der Waals surface area (Å²) >= 11 is 3.38. The van der Waals surface area contributed by atoms with Crippen molar-refractivity contribution in [2.45, 2.75) is 66.6 Å². The van der Waals surface area contributed by atoms with E-state index in [4.69, 9.17) is 9.47 Å². The molecule has 0 unspecified atom stereocenters. The largest absolute Gasteiger partial charge is 0.456 e. The lowest BCUT2D eigenvalue weighted by atomic mass is 10.2. The molecule has 0 atom stereocenters. The van der Waals surface area contributed by atoms with Crippen LogP contribution in [0.3, 0.4) is 0 Å². The van der Waals surface area contributed by atoms with Crippen molar-refractivity contribution in [2.75, 3.05) is 0 Å². The van der Waals surface area contributed by atoms with Crippen molar-refractivity contribution in [2.24, 2.45) is 0 Å². The summed E-state index contributed by atoms with van der Waals surface area (Å²) in [6, 6.07) is 0. The van der Waals surface area contributed by atoms with Crippen LogP contribution in [-0.2, 0) is 9.47 Å². The molecule has 0 saturated heterocycles. The first kappa shape index (κ1) is 18.7. The molecule has 6 heteroatoms. The van der Waals surface area contributed by atoms with Gasteiger partial charge in [-0.15, -0.1) is 0 Å². The summed E-state index contributed by atoms with van der Waals surface area (Å²) in [5.74, 6) is -0.470. The molecule has 0 bridgehead atoms. The van der Waals surface area contributed by atoms with Crippen LogP contribution in [-0.4, -0.2) is 27.8 Å². The van der Waals surface area contributed by atoms with Crippen LogP contribution in [0.1, 0.15) is 63.3 Å². The van der Waals surface area contributed by atoms with Gasteiger partial charge in [0.05, 0.1) is 10.0 Å². The maximum atomic E-state index is 12.4. The first-order valence-corrected chi connectivity index (χ1v) is 7.88. The summed E-state index contributed by atoms with van der Waals surface area (Å²) in [5.41, 5.74) is 0.225. The molecule has 1 heterocycles. The Morgan fingerprint density at radius 1 is 0.909 bits per heavy atom. The van der Waals surface area contributed by atoms with Gasteiger partial charge in [-0.1, -0.05) is 0 Å². The van der Waals surface area contributed by atoms with Gasteiger partial charge in [-0.3, -0.25) is 4.57 Å². The van der Waals surface area contributed by atoms with E-state index in [0.717, 1.165) is 0 Å². The van der Waals surface area contributed by atoms with Crippen molar-refractivity contribution in [3.05, 3.63) is 21.4 Å². The summed E-state index contributed by atoms with van der Waals surface area (Å²) in [6.45, 7) is 14.2. The molecule has 124 valence electrons. The smallest absolute Gasteiger partial charge is 0.418 e. The number of nitrogens with zero attached hydrogens (tertiary/aromatic N) is 1. The molecule has 0 aliphatic rings. The summed E-state index contributed by atoms with van der Waals surface area (Å²) in [6.07, 6.45) is -0.516. The van der Waals surface area contributed by atoms with E-state index in [1.807, 2.05) is 0 Å². The molecule has 22 heavy (non-hydrogen) atoms. The topological polar surface area (TPSA) is 57.5 Å². The molecule has 0 aliphatic heterocycles. The normalized spacial score (nSPS) is 12.2. The number of aromatic nitrogens is 1. The second-order valence-corrected chi connectivity index (χ2v) is 7.97. The number of carbonyl (C=O) groups excluding carboxylic acids is 2. The number of halogens is 1. The highest BCUT2D eigenvalue weighted by atomic mass is 79.9. The van der Waals surface area contributed by atoms with E-state index in [1.54, 1.807) is 55.4 Å². The Morgan fingerprint density at radius 3 is 1.77 bits per heavy atom. The second-order valence-electron chi connectivity index (χ2n) is 7.18. The molecule has 0 aliphatic carbocycles. The predicted octanol–water partition coefficient (Wildman–Crippen LogP) is 4.61. The van der Waals surface area contributed by atoms with Crippen LogP contribution in [0.25, 0.3) is 0 Å². The van der Waals surface area contributed by atoms with Gasteiger partial charge in [0.25, 0.3) is 0 Å². The summed E-state index contributed by atoms with van der Waals surface area (Å²) in [5, 5.41) is 0. The molecule has 0 amide bonds. The molecule has 0 fully saturated rings. The van der Waals surface area contributed by atoms with Gasteiger partial charge in [0, 0.05) is 11.4 Å². The van der Waals surface area contributed by atoms with E-state index in [2.05, 4.69) is 15.9 Å². The van der Waals surface area contributed by atoms with E-state index in [0.29, 0.717) is 21.4 Å². The van der Waals surface area contributed by atoms with E-state index in [-0.39, 0.29) is 0 Å². The highest BCUT2D eigenvalue weighted by Gasteiger charge is 2.30. The van der Waals surface area contributed by atoms with Crippen molar-refractivity contribution in [1.29, 1.82) is 0 Å². The SMILES string of the molecule is Cc1c(Br)c(C(=O)OC(C)(C)C)c(C)n1C(=O)OC(C)(C)C. The summed E-state index contributed by atoms with van der Waals surface area (Å²) in [7, 11) is 0. The quantitative estimate of drug-likeness (QED) is 0.674. The van der Waals surface area contributed by atoms with Crippen molar-refractivity contribution in [3.63, 3.8) is 0 Å². The minimum Gasteiger partial charge on any atom is -0.456 e. The number of hydrogen-bond donors (Lipinski definition) is 0. The van der Waals surface area contributed by atoms with Crippen molar-refractivity contribution in [3.8, 4) is 0 Å². The van der Waals surface area contributed by atoms with Crippen LogP contribution in [0.4, 0.5) is 4.79 Å². The molecule has 5 nitrogen and oxygen atoms in total. The van der Waals surface area contributed by atoms with Gasteiger partial charge in [0.2, 0.25) is 0 Å². The van der Waals surface area contributed by atoms with E-state index in [1.165, 1.54) is 4.57 Å². The van der Waals surface area contributed by atoms with Crippen molar-refractivity contribution < 1.29 is 19.1 Å². The Labute approximate surface area is 140 Å². The first-order chi connectivity index (χ1) is 9.74. The number of hydrogen-bond acceptors (Lipinski definition) is 4. The Balaban J connectivity index is 3.28. The van der Waals surface area contributed by atoms with Gasteiger partial charge in [-0.05, 0) is 71.3 Å². The Kier molecular flexibility index (Phi) is 5.17. The van der Waals surface area contributed by atoms with Crippen molar-refractivity contribution >= 4 is 28.0 Å². The molecule has 1 aromatic rings. The Morgan fingerprint density at radius 2 is 1.36 bits per heavy atom. The maximum Gasteiger partial charge on any atom is 0.418 e. The average Bonchev–Trinajstić information content (AvgIpc) is 2.44. The Bertz CT molecular complexity index is 552. The van der Waals surface area contributed by atoms with Gasteiger partial charge < -0.3 is 9.47 Å². The predicted molar refractivity (Wildman–Crippen MR) is 88.4 cm³/mol. The summed E-state index contributed by atoms with van der Waals surface area (Å²) in [4.78, 5) is 24.7. The van der Waals surface area contributed by atoms with Crippen LogP contribution in [0.5, 0.6) is 0 Å². The third kappa shape index (κ3) is 4.35. The van der Waals surface area contributed by atoms with Gasteiger partial charge in [-0.25, -0.2) is 9.59 Å². The zero-order valence-corrected chi connectivity index (χ0v) is 16.0. The zero-order valence-electron chi connectivity index (χ0n) is 14.5. The highest BCUT2D eigenvalue weighted by molar-refractivity contribution is 9.10. The molecule has 1 aromatic heterocycles. The number of rotatable bonds is 1. The highest BCUT2D eigenvalue weighted by Crippen LogP contribution is 2.30. The fourth-order valence-corrected chi connectivity index (χ4v) is 2.58. The first-order valence-electron chi connectivity index (χ1n) is 7.08. The summed E-state index contributed by atoms with van der Waals surface area (Å²) < 4.78 is 12.7. The van der Waals surface area contributed by atoms with Crippen molar-refractivity contribution in [1.82, 2.24) is 4.57 Å². The molecule has 0 saturated carbocycles. The van der Waals surface area contributed by atoms with Gasteiger partial charge >= 0.3 is 12.1 Å². The van der Waals surface area contributed by atoms with Crippen LogP contribution in [0.15, 0.2) is 4.47 Å². The molecule has 0 radical (unpaired) electrons. The van der Waals surface area contributed by atoms with Crippen LogP contribution >= 0.6 is 15.9 Å². The van der Waals surface area contributed by atoms with Gasteiger partial charge in [-0.2, -0.15) is 0 Å². The number of esters is 1.